The van der Waals surface area contributed by atoms with Crippen LogP contribution in [0.25, 0.3) is 0 Å². The average molecular weight is 289 g/mol. The zero-order valence-corrected chi connectivity index (χ0v) is 13.4. The topological polar surface area (TPSA) is 58.4 Å². The Labute approximate surface area is 127 Å². The van der Waals surface area contributed by atoms with E-state index >= 15 is 0 Å². The Bertz CT molecular complexity index is 490. The number of nitrogens with zero attached hydrogens (tertiary/aromatic N) is 1. The van der Waals surface area contributed by atoms with Crippen LogP contribution in [0.3, 0.4) is 0 Å². The van der Waals surface area contributed by atoms with Gasteiger partial charge in [-0.1, -0.05) is 17.7 Å². The Hall–Kier alpha value is -1.39. The zero-order valence-electron chi connectivity index (χ0n) is 13.4. The summed E-state index contributed by atoms with van der Waals surface area (Å²) in [5.41, 5.74) is 10.2. The second-order valence-electron chi connectivity index (χ2n) is 6.30. The zero-order chi connectivity index (χ0) is 15.4. The van der Waals surface area contributed by atoms with Gasteiger partial charge in [0, 0.05) is 12.2 Å². The second kappa shape index (κ2) is 7.05. The summed E-state index contributed by atoms with van der Waals surface area (Å²) in [6.07, 6.45) is 2.32. The summed E-state index contributed by atoms with van der Waals surface area (Å²) in [6.45, 7) is 9.28. The molecule has 2 rings (SSSR count). The molecule has 1 atom stereocenters. The number of amides is 1. The lowest BCUT2D eigenvalue weighted by molar-refractivity contribution is -0.117. The first-order valence-corrected chi connectivity index (χ1v) is 7.79. The molecule has 116 valence electrons. The third-order valence-electron chi connectivity index (χ3n) is 4.25. The quantitative estimate of drug-likeness (QED) is 0.893. The first kappa shape index (κ1) is 16.0. The number of carbonyl (C=O) groups excluding carboxylic acids is 1. The van der Waals surface area contributed by atoms with Gasteiger partial charge in [0.15, 0.2) is 0 Å². The summed E-state index contributed by atoms with van der Waals surface area (Å²) >= 11 is 0. The number of anilines is 1. The van der Waals surface area contributed by atoms with Crippen LogP contribution in [-0.4, -0.2) is 37.0 Å². The minimum atomic E-state index is 0.0720. The first-order chi connectivity index (χ1) is 9.99. The molecule has 1 aliphatic rings. The van der Waals surface area contributed by atoms with Gasteiger partial charge in [0.05, 0.1) is 6.54 Å². The number of aryl methyl sites for hydroxylation is 3. The SMILES string of the molecule is Cc1cc(C)c(NC(=O)CN2CCCC(CN)C2)c(C)c1. The van der Waals surface area contributed by atoms with E-state index in [-0.39, 0.29) is 5.91 Å². The van der Waals surface area contributed by atoms with Crippen LogP contribution in [0.5, 0.6) is 0 Å². The molecule has 0 radical (unpaired) electrons. The maximum absolute atomic E-state index is 12.3. The summed E-state index contributed by atoms with van der Waals surface area (Å²) in [5, 5.41) is 3.07. The Morgan fingerprint density at radius 1 is 1.33 bits per heavy atom. The molecule has 3 N–H and O–H groups in total. The number of nitrogens with one attached hydrogen (secondary N) is 1. The van der Waals surface area contributed by atoms with Crippen LogP contribution >= 0.6 is 0 Å². The molecule has 0 saturated carbocycles. The van der Waals surface area contributed by atoms with Crippen molar-refractivity contribution in [3.63, 3.8) is 0 Å². The van der Waals surface area contributed by atoms with Gasteiger partial charge in [-0.15, -0.1) is 0 Å². The molecule has 4 heteroatoms. The lowest BCUT2D eigenvalue weighted by atomic mass is 9.98. The third kappa shape index (κ3) is 4.29. The molecule has 1 aliphatic heterocycles. The molecule has 4 nitrogen and oxygen atoms in total. The highest BCUT2D eigenvalue weighted by atomic mass is 16.2. The minimum Gasteiger partial charge on any atom is -0.330 e. The van der Waals surface area contributed by atoms with Crippen molar-refractivity contribution in [3.05, 3.63) is 28.8 Å². The van der Waals surface area contributed by atoms with E-state index in [1.54, 1.807) is 0 Å². The van der Waals surface area contributed by atoms with Crippen molar-refractivity contribution in [2.45, 2.75) is 33.6 Å². The average Bonchev–Trinajstić information content (AvgIpc) is 2.43. The van der Waals surface area contributed by atoms with Gasteiger partial charge in [0.2, 0.25) is 5.91 Å². The monoisotopic (exact) mass is 289 g/mol. The minimum absolute atomic E-state index is 0.0720. The molecular formula is C17H27N3O. The van der Waals surface area contributed by atoms with E-state index in [9.17, 15) is 4.79 Å². The van der Waals surface area contributed by atoms with E-state index in [1.165, 1.54) is 12.0 Å². The molecule has 1 aromatic rings. The second-order valence-corrected chi connectivity index (χ2v) is 6.30. The van der Waals surface area contributed by atoms with Crippen LogP contribution < -0.4 is 11.1 Å². The Morgan fingerprint density at radius 3 is 2.62 bits per heavy atom. The van der Waals surface area contributed by atoms with Crippen LogP contribution in [0.15, 0.2) is 12.1 Å². The van der Waals surface area contributed by atoms with Crippen molar-refractivity contribution in [3.8, 4) is 0 Å². The van der Waals surface area contributed by atoms with Gasteiger partial charge in [0.25, 0.3) is 0 Å². The lowest BCUT2D eigenvalue weighted by Crippen LogP contribution is -2.42. The summed E-state index contributed by atoms with van der Waals surface area (Å²) in [4.78, 5) is 14.5. The van der Waals surface area contributed by atoms with Crippen LogP contribution in [-0.2, 0) is 4.79 Å². The van der Waals surface area contributed by atoms with E-state index in [0.717, 1.165) is 36.3 Å². The summed E-state index contributed by atoms with van der Waals surface area (Å²) in [7, 11) is 0. The van der Waals surface area contributed by atoms with E-state index in [4.69, 9.17) is 5.73 Å². The van der Waals surface area contributed by atoms with E-state index in [0.29, 0.717) is 19.0 Å². The highest BCUT2D eigenvalue weighted by Crippen LogP contribution is 2.22. The Kier molecular flexibility index (Phi) is 5.37. The molecule has 1 unspecified atom stereocenters. The third-order valence-corrected chi connectivity index (χ3v) is 4.25. The smallest absolute Gasteiger partial charge is 0.238 e. The van der Waals surface area contributed by atoms with Gasteiger partial charge < -0.3 is 11.1 Å². The predicted octanol–water partition coefficient (Wildman–Crippen LogP) is 2.22. The number of hydrogen-bond acceptors (Lipinski definition) is 3. The van der Waals surface area contributed by atoms with Crippen molar-refractivity contribution in [1.82, 2.24) is 4.90 Å². The van der Waals surface area contributed by atoms with Gasteiger partial charge in [-0.3, -0.25) is 9.69 Å². The van der Waals surface area contributed by atoms with Gasteiger partial charge in [-0.25, -0.2) is 0 Å². The fourth-order valence-corrected chi connectivity index (χ4v) is 3.25. The predicted molar refractivity (Wildman–Crippen MR) is 87.5 cm³/mol. The normalized spacial score (nSPS) is 19.5. The van der Waals surface area contributed by atoms with Gasteiger partial charge in [-0.05, 0) is 63.7 Å². The summed E-state index contributed by atoms with van der Waals surface area (Å²) < 4.78 is 0. The van der Waals surface area contributed by atoms with Gasteiger partial charge >= 0.3 is 0 Å². The van der Waals surface area contributed by atoms with Crippen molar-refractivity contribution in [2.24, 2.45) is 11.7 Å². The largest absolute Gasteiger partial charge is 0.330 e. The maximum Gasteiger partial charge on any atom is 0.238 e. The van der Waals surface area contributed by atoms with Crippen molar-refractivity contribution in [2.75, 3.05) is 31.5 Å². The lowest BCUT2D eigenvalue weighted by Gasteiger charge is -2.31. The molecule has 0 aromatic heterocycles. The van der Waals surface area contributed by atoms with Crippen molar-refractivity contribution >= 4 is 11.6 Å². The van der Waals surface area contributed by atoms with Crippen LogP contribution in [0.4, 0.5) is 5.69 Å². The van der Waals surface area contributed by atoms with E-state index in [1.807, 2.05) is 13.8 Å². The molecule has 1 fully saturated rings. The van der Waals surface area contributed by atoms with Crippen LogP contribution in [0, 0.1) is 26.7 Å². The number of benzene rings is 1. The molecule has 0 spiro atoms. The van der Waals surface area contributed by atoms with Crippen molar-refractivity contribution in [1.29, 1.82) is 0 Å². The number of hydrogen-bond donors (Lipinski definition) is 2. The number of likely N-dealkylation sites (tertiary alicyclic amines) is 1. The molecule has 1 amide bonds. The summed E-state index contributed by atoms with van der Waals surface area (Å²) in [6, 6.07) is 4.21. The van der Waals surface area contributed by atoms with Crippen LogP contribution in [0.2, 0.25) is 0 Å². The highest BCUT2D eigenvalue weighted by Gasteiger charge is 2.20. The molecular weight excluding hydrogens is 262 g/mol. The number of nitrogens with two attached hydrogens (primary N) is 1. The molecule has 1 heterocycles. The molecule has 0 bridgehead atoms. The molecule has 0 aliphatic carbocycles. The fraction of sp³-hybridized carbons (Fsp3) is 0.588. The molecule has 1 saturated heterocycles. The first-order valence-electron chi connectivity index (χ1n) is 7.79. The van der Waals surface area contributed by atoms with Crippen molar-refractivity contribution < 1.29 is 4.79 Å². The van der Waals surface area contributed by atoms with E-state index < -0.39 is 0 Å². The summed E-state index contributed by atoms with van der Waals surface area (Å²) in [5.74, 6) is 0.608. The Balaban J connectivity index is 1.96. The molecule has 21 heavy (non-hydrogen) atoms. The number of piperidine rings is 1. The number of rotatable bonds is 4. The van der Waals surface area contributed by atoms with Gasteiger partial charge in [-0.2, -0.15) is 0 Å². The Morgan fingerprint density at radius 2 is 2.00 bits per heavy atom. The maximum atomic E-state index is 12.3. The fourth-order valence-electron chi connectivity index (χ4n) is 3.25. The number of carbonyl (C=O) groups is 1. The highest BCUT2D eigenvalue weighted by molar-refractivity contribution is 5.93. The van der Waals surface area contributed by atoms with Crippen LogP contribution in [0.1, 0.15) is 29.5 Å². The molecule has 1 aromatic carbocycles. The van der Waals surface area contributed by atoms with E-state index in [2.05, 4.69) is 29.3 Å². The van der Waals surface area contributed by atoms with Gasteiger partial charge in [0.1, 0.15) is 0 Å². The standard InChI is InChI=1S/C17H27N3O/c1-12-7-13(2)17(14(3)8-12)19-16(21)11-20-6-4-5-15(9-18)10-20/h7-8,15H,4-6,9-11,18H2,1-3H3,(H,19,21).